The fraction of sp³-hybridized carbons (Fsp3) is 0.556. The van der Waals surface area contributed by atoms with Crippen molar-refractivity contribution in [1.29, 1.82) is 0 Å². The van der Waals surface area contributed by atoms with Crippen molar-refractivity contribution in [3.8, 4) is 0 Å². The van der Waals surface area contributed by atoms with E-state index >= 15 is 0 Å². The van der Waals surface area contributed by atoms with E-state index in [4.69, 9.17) is 15.0 Å². The summed E-state index contributed by atoms with van der Waals surface area (Å²) in [6.45, 7) is 4.03. The molecule has 0 aliphatic rings. The van der Waals surface area contributed by atoms with Gasteiger partial charge in [-0.2, -0.15) is 0 Å². The van der Waals surface area contributed by atoms with Crippen LogP contribution in [-0.4, -0.2) is 24.3 Å². The van der Waals surface area contributed by atoms with Gasteiger partial charge < -0.3 is 15.0 Å². The van der Waals surface area contributed by atoms with Crippen LogP contribution in [-0.2, 0) is 9.53 Å². The van der Waals surface area contributed by atoms with Crippen molar-refractivity contribution >= 4 is 5.97 Å². The monoisotopic (exact) mass is 198 g/mol. The van der Waals surface area contributed by atoms with E-state index in [-0.39, 0.29) is 12.5 Å². The first kappa shape index (κ1) is 10.7. The molecule has 14 heavy (non-hydrogen) atoms. The maximum Gasteiger partial charge on any atom is 0.318 e. The Morgan fingerprint density at radius 1 is 1.79 bits per heavy atom. The van der Waals surface area contributed by atoms with Gasteiger partial charge in [-0.05, 0) is 13.8 Å². The molecule has 0 bridgehead atoms. The highest BCUT2D eigenvalue weighted by Crippen LogP contribution is 2.16. The predicted octanol–water partition coefficient (Wildman–Crippen LogP) is 0.588. The Bertz CT molecular complexity index is 309. The molecular formula is C9H14N2O3. The first-order valence-corrected chi connectivity index (χ1v) is 4.49. The summed E-state index contributed by atoms with van der Waals surface area (Å²) in [5.41, 5.74) is 6.18. The molecular weight excluding hydrogens is 184 g/mol. The molecule has 0 fully saturated rings. The van der Waals surface area contributed by atoms with Crippen molar-refractivity contribution < 1.29 is 14.1 Å². The largest absolute Gasteiger partial charge is 0.465 e. The molecule has 0 aromatic carbocycles. The number of ether oxygens (including phenoxy) is 1. The van der Waals surface area contributed by atoms with Crippen LogP contribution in [0.3, 0.4) is 0 Å². The topological polar surface area (TPSA) is 78.4 Å². The van der Waals surface area contributed by atoms with Crippen LogP contribution >= 0.6 is 0 Å². The van der Waals surface area contributed by atoms with Crippen LogP contribution in [0.1, 0.15) is 24.3 Å². The van der Waals surface area contributed by atoms with Crippen LogP contribution in [0, 0.1) is 6.92 Å². The number of nitrogens with two attached hydrogens (primary N) is 1. The Morgan fingerprint density at radius 3 is 2.93 bits per heavy atom. The molecule has 2 N–H and O–H groups in total. The molecule has 0 amide bonds. The van der Waals surface area contributed by atoms with Crippen molar-refractivity contribution in [2.24, 2.45) is 5.73 Å². The van der Waals surface area contributed by atoms with E-state index < -0.39 is 5.92 Å². The zero-order chi connectivity index (χ0) is 10.6. The van der Waals surface area contributed by atoms with Gasteiger partial charge in [0.15, 0.2) is 5.76 Å². The zero-order valence-corrected chi connectivity index (χ0v) is 8.32. The van der Waals surface area contributed by atoms with Gasteiger partial charge in [-0.3, -0.25) is 4.79 Å². The molecule has 1 aromatic heterocycles. The Labute approximate surface area is 82.2 Å². The molecule has 1 heterocycles. The number of rotatable bonds is 4. The number of carbonyl (C=O) groups is 1. The van der Waals surface area contributed by atoms with Crippen molar-refractivity contribution in [3.63, 3.8) is 0 Å². The normalized spacial score (nSPS) is 12.5. The Kier molecular flexibility index (Phi) is 3.64. The summed E-state index contributed by atoms with van der Waals surface area (Å²) in [4.78, 5) is 11.4. The molecule has 0 saturated heterocycles. The lowest BCUT2D eigenvalue weighted by Crippen LogP contribution is -2.23. The van der Waals surface area contributed by atoms with Crippen LogP contribution in [0.25, 0.3) is 0 Å². The second-order valence-corrected chi connectivity index (χ2v) is 2.91. The average molecular weight is 198 g/mol. The highest BCUT2D eigenvalue weighted by atomic mass is 16.5. The van der Waals surface area contributed by atoms with Crippen molar-refractivity contribution in [2.75, 3.05) is 13.2 Å². The van der Waals surface area contributed by atoms with E-state index in [0.717, 1.165) is 5.69 Å². The van der Waals surface area contributed by atoms with Crippen molar-refractivity contribution in [2.45, 2.75) is 19.8 Å². The lowest BCUT2D eigenvalue weighted by molar-refractivity contribution is -0.145. The minimum Gasteiger partial charge on any atom is -0.465 e. The second-order valence-electron chi connectivity index (χ2n) is 2.91. The molecule has 5 nitrogen and oxygen atoms in total. The maximum atomic E-state index is 11.4. The minimum atomic E-state index is -0.545. The van der Waals surface area contributed by atoms with Gasteiger partial charge in [0.1, 0.15) is 5.92 Å². The van der Waals surface area contributed by atoms with Gasteiger partial charge in [-0.25, -0.2) is 0 Å². The number of esters is 1. The fourth-order valence-electron chi connectivity index (χ4n) is 1.12. The molecule has 78 valence electrons. The second kappa shape index (κ2) is 4.76. The third kappa shape index (κ3) is 2.32. The smallest absolute Gasteiger partial charge is 0.318 e. The molecule has 5 heteroatoms. The molecule has 0 aliphatic carbocycles. The minimum absolute atomic E-state index is 0.160. The Balaban J connectivity index is 2.76. The molecule has 1 aromatic rings. The van der Waals surface area contributed by atoms with Crippen molar-refractivity contribution in [3.05, 3.63) is 17.5 Å². The molecule has 1 rings (SSSR count). The maximum absolute atomic E-state index is 11.4. The first-order valence-electron chi connectivity index (χ1n) is 4.49. The highest BCUT2D eigenvalue weighted by Gasteiger charge is 2.24. The summed E-state index contributed by atoms with van der Waals surface area (Å²) >= 11 is 0. The molecule has 0 spiro atoms. The summed E-state index contributed by atoms with van der Waals surface area (Å²) in [6.07, 6.45) is 0. The summed E-state index contributed by atoms with van der Waals surface area (Å²) < 4.78 is 9.81. The van der Waals surface area contributed by atoms with Gasteiger partial charge in [-0.1, -0.05) is 5.16 Å². The SMILES string of the molecule is CCOC(=O)[C@@H](CN)c1cc(C)no1. The summed E-state index contributed by atoms with van der Waals surface area (Å²) in [5, 5.41) is 3.69. The van der Waals surface area contributed by atoms with Crippen LogP contribution in [0.2, 0.25) is 0 Å². The Morgan fingerprint density at radius 2 is 2.50 bits per heavy atom. The number of hydrogen-bond donors (Lipinski definition) is 1. The third-order valence-corrected chi connectivity index (χ3v) is 1.80. The quantitative estimate of drug-likeness (QED) is 0.716. The van der Waals surface area contributed by atoms with E-state index in [1.165, 1.54) is 0 Å². The molecule has 0 unspecified atom stereocenters. The standard InChI is InChI=1S/C9H14N2O3/c1-3-13-9(12)7(5-10)8-4-6(2)11-14-8/h4,7H,3,5,10H2,1-2H3/t7-/m0/s1. The predicted molar refractivity (Wildman–Crippen MR) is 49.7 cm³/mol. The zero-order valence-electron chi connectivity index (χ0n) is 8.32. The average Bonchev–Trinajstić information content (AvgIpc) is 2.54. The van der Waals surface area contributed by atoms with E-state index in [1.807, 2.05) is 0 Å². The van der Waals surface area contributed by atoms with Crippen LogP contribution in [0.15, 0.2) is 10.6 Å². The summed E-state index contributed by atoms with van der Waals surface area (Å²) in [7, 11) is 0. The van der Waals surface area contributed by atoms with E-state index in [1.54, 1.807) is 19.9 Å². The summed E-state index contributed by atoms with van der Waals surface area (Å²) in [5.74, 6) is -0.453. The van der Waals surface area contributed by atoms with Crippen LogP contribution in [0.4, 0.5) is 0 Å². The van der Waals surface area contributed by atoms with Gasteiger partial charge in [0.25, 0.3) is 0 Å². The molecule has 1 atom stereocenters. The molecule has 0 saturated carbocycles. The van der Waals surface area contributed by atoms with Gasteiger partial charge in [0.05, 0.1) is 12.3 Å². The third-order valence-electron chi connectivity index (χ3n) is 1.80. The van der Waals surface area contributed by atoms with E-state index in [9.17, 15) is 4.79 Å². The van der Waals surface area contributed by atoms with E-state index in [2.05, 4.69) is 5.16 Å². The van der Waals surface area contributed by atoms with Crippen LogP contribution in [0.5, 0.6) is 0 Å². The van der Waals surface area contributed by atoms with E-state index in [0.29, 0.717) is 12.4 Å². The van der Waals surface area contributed by atoms with Gasteiger partial charge >= 0.3 is 5.97 Å². The van der Waals surface area contributed by atoms with Gasteiger partial charge in [0, 0.05) is 12.6 Å². The fourth-order valence-corrected chi connectivity index (χ4v) is 1.12. The Hall–Kier alpha value is -1.36. The van der Waals surface area contributed by atoms with Crippen molar-refractivity contribution in [1.82, 2.24) is 5.16 Å². The lowest BCUT2D eigenvalue weighted by atomic mass is 10.1. The number of nitrogens with zero attached hydrogens (tertiary/aromatic N) is 1. The number of aromatic nitrogens is 1. The van der Waals surface area contributed by atoms with Gasteiger partial charge in [0.2, 0.25) is 0 Å². The summed E-state index contributed by atoms with van der Waals surface area (Å²) in [6, 6.07) is 1.69. The number of aryl methyl sites for hydroxylation is 1. The molecule has 0 radical (unpaired) electrons. The van der Waals surface area contributed by atoms with Crippen LogP contribution < -0.4 is 5.73 Å². The number of carbonyl (C=O) groups excluding carboxylic acids is 1. The highest BCUT2D eigenvalue weighted by molar-refractivity contribution is 5.77. The first-order chi connectivity index (χ1) is 6.69. The van der Waals surface area contributed by atoms with Gasteiger partial charge in [-0.15, -0.1) is 0 Å². The lowest BCUT2D eigenvalue weighted by Gasteiger charge is -2.09. The molecule has 0 aliphatic heterocycles. The number of hydrogen-bond acceptors (Lipinski definition) is 5.